The molecule has 3 heterocycles. The van der Waals surface area contributed by atoms with Gasteiger partial charge in [0.25, 0.3) is 0 Å². The third-order valence-corrected chi connectivity index (χ3v) is 7.94. The summed E-state index contributed by atoms with van der Waals surface area (Å²) >= 11 is 0. The lowest BCUT2D eigenvalue weighted by Gasteiger charge is -2.28. The van der Waals surface area contributed by atoms with Crippen molar-refractivity contribution in [2.24, 2.45) is 5.92 Å². The number of fused-ring (bicyclic) bond motifs is 2. The molecular formula is C35H48BN3O2+. The molecular weight excluding hydrogens is 505 g/mol. The normalized spacial score (nSPS) is 15.1. The van der Waals surface area contributed by atoms with Crippen LogP contribution in [0.5, 0.6) is 5.75 Å². The molecule has 2 aliphatic heterocycles. The van der Waals surface area contributed by atoms with Crippen LogP contribution in [0.1, 0.15) is 103 Å². The van der Waals surface area contributed by atoms with Gasteiger partial charge in [0.1, 0.15) is 5.75 Å². The molecule has 1 N–H and O–H groups in total. The van der Waals surface area contributed by atoms with Gasteiger partial charge in [0.05, 0.1) is 7.11 Å². The summed E-state index contributed by atoms with van der Waals surface area (Å²) in [6.45, 7) is 20.7. The van der Waals surface area contributed by atoms with Crippen molar-refractivity contribution in [3.05, 3.63) is 75.8 Å². The lowest BCUT2D eigenvalue weighted by atomic mass is 9.79. The summed E-state index contributed by atoms with van der Waals surface area (Å²) in [4.78, 5) is 12.4. The molecule has 0 spiro atoms. The molecule has 41 heavy (non-hydrogen) atoms. The second-order valence-electron chi connectivity index (χ2n) is 13.9. The van der Waals surface area contributed by atoms with Gasteiger partial charge in [-0.25, -0.2) is 0 Å². The van der Waals surface area contributed by atoms with E-state index in [0.717, 1.165) is 41.4 Å². The van der Waals surface area contributed by atoms with Crippen LogP contribution in [-0.4, -0.2) is 41.8 Å². The molecule has 217 valence electrons. The number of rotatable bonds is 9. The largest absolute Gasteiger partial charge is 0.700 e. The number of hydrogen-bond donors (Lipinski definition) is 1. The van der Waals surface area contributed by atoms with Crippen LogP contribution in [0, 0.1) is 5.92 Å². The van der Waals surface area contributed by atoms with Crippen molar-refractivity contribution in [1.29, 1.82) is 0 Å². The standard InChI is InChI=1S/C35H48BN3O2/c1-23(2)17-18-37-32(40)16-15-27-13-14-29-22-31-24(3)19-28(39(31)36-38(27)29)12-11-25-20-26(34(4,5)6)21-30(33(25)41-10)35(7,8)9/h11-14,19-23H,15-18H2,1-10H3,(H,37,40)/q+1. The Morgan fingerprint density at radius 2 is 1.80 bits per heavy atom. The van der Waals surface area contributed by atoms with Gasteiger partial charge >= 0.3 is 7.55 Å². The van der Waals surface area contributed by atoms with Gasteiger partial charge in [-0.3, -0.25) is 9.28 Å². The van der Waals surface area contributed by atoms with E-state index in [1.807, 2.05) is 0 Å². The first-order valence-corrected chi connectivity index (χ1v) is 15.0. The number of methoxy groups -OCH3 is 1. The number of allylic oxidation sites excluding steroid dienone is 3. The van der Waals surface area contributed by atoms with Crippen molar-refractivity contribution in [1.82, 2.24) is 9.79 Å². The summed E-state index contributed by atoms with van der Waals surface area (Å²) in [5.41, 5.74) is 9.36. The van der Waals surface area contributed by atoms with E-state index >= 15 is 0 Å². The molecule has 4 rings (SSSR count). The number of hydrogen-bond acceptors (Lipinski definition) is 2. The van der Waals surface area contributed by atoms with E-state index < -0.39 is 0 Å². The quantitative estimate of drug-likeness (QED) is 0.338. The first-order chi connectivity index (χ1) is 19.2. The van der Waals surface area contributed by atoms with Crippen LogP contribution in [-0.2, 0) is 22.0 Å². The van der Waals surface area contributed by atoms with Crippen LogP contribution in [0.15, 0.2) is 47.7 Å². The highest BCUT2D eigenvalue weighted by atomic mass is 16.5. The fourth-order valence-corrected chi connectivity index (χ4v) is 5.36. The van der Waals surface area contributed by atoms with E-state index in [0.29, 0.717) is 18.8 Å². The molecule has 1 aromatic carbocycles. The van der Waals surface area contributed by atoms with Crippen molar-refractivity contribution in [3.63, 3.8) is 0 Å². The molecule has 0 unspecified atom stereocenters. The molecule has 0 aliphatic carbocycles. The molecule has 6 heteroatoms. The lowest BCUT2D eigenvalue weighted by molar-refractivity contribution is -0.313. The Morgan fingerprint density at radius 3 is 2.44 bits per heavy atom. The van der Waals surface area contributed by atoms with Gasteiger partial charge in [-0.1, -0.05) is 61.5 Å². The second-order valence-corrected chi connectivity index (χ2v) is 13.9. The molecule has 5 nitrogen and oxygen atoms in total. The zero-order valence-corrected chi connectivity index (χ0v) is 26.8. The second kappa shape index (κ2) is 11.9. The van der Waals surface area contributed by atoms with Crippen LogP contribution in [0.2, 0.25) is 0 Å². The van der Waals surface area contributed by atoms with E-state index in [1.54, 1.807) is 7.11 Å². The first kappa shape index (κ1) is 30.7. The van der Waals surface area contributed by atoms with Crippen molar-refractivity contribution >= 4 is 31.3 Å². The highest BCUT2D eigenvalue weighted by Crippen LogP contribution is 2.39. The Morgan fingerprint density at radius 1 is 1.07 bits per heavy atom. The Kier molecular flexibility index (Phi) is 8.91. The zero-order valence-electron chi connectivity index (χ0n) is 26.8. The Balaban J connectivity index is 1.62. The smallest absolute Gasteiger partial charge is 0.496 e. The topological polar surface area (TPSA) is 46.3 Å². The van der Waals surface area contributed by atoms with Gasteiger partial charge in [0.15, 0.2) is 11.4 Å². The zero-order chi connectivity index (χ0) is 30.1. The van der Waals surface area contributed by atoms with Crippen LogP contribution in [0.25, 0.3) is 12.2 Å². The third-order valence-electron chi connectivity index (χ3n) is 7.94. The molecule has 0 atom stereocenters. The number of nitrogens with one attached hydrogen (secondary N) is 1. The number of carbonyl (C=O) groups is 1. The average molecular weight is 554 g/mol. The fraction of sp³-hybridized carbons (Fsp3) is 0.486. The van der Waals surface area contributed by atoms with Crippen molar-refractivity contribution < 1.29 is 14.0 Å². The van der Waals surface area contributed by atoms with Crippen LogP contribution >= 0.6 is 0 Å². The number of nitrogens with zero attached hydrogens (tertiary/aromatic N) is 2. The van der Waals surface area contributed by atoms with Crippen LogP contribution < -0.4 is 10.1 Å². The number of amides is 1. The van der Waals surface area contributed by atoms with Gasteiger partial charge < -0.3 is 14.5 Å². The lowest BCUT2D eigenvalue weighted by Crippen LogP contribution is -2.31. The minimum Gasteiger partial charge on any atom is -0.496 e. The monoisotopic (exact) mass is 553 g/mol. The summed E-state index contributed by atoms with van der Waals surface area (Å²) in [5.74, 6) is 1.63. The molecule has 2 aromatic rings. The van der Waals surface area contributed by atoms with Crippen LogP contribution in [0.3, 0.4) is 0 Å². The predicted molar refractivity (Wildman–Crippen MR) is 173 cm³/mol. The van der Waals surface area contributed by atoms with Gasteiger partial charge in [-0.15, -0.1) is 0 Å². The van der Waals surface area contributed by atoms with Crippen molar-refractivity contribution in [3.8, 4) is 5.75 Å². The minimum absolute atomic E-state index is 0.0228. The van der Waals surface area contributed by atoms with E-state index in [9.17, 15) is 4.79 Å². The fourth-order valence-electron chi connectivity index (χ4n) is 5.36. The molecule has 0 saturated carbocycles. The SMILES string of the molecule is COc1c(C=CC2=[N+]3[B]n4c(ccc4CCC(=O)NCCC(C)C)C=C3C(C)=C2)cc(C(C)(C)C)cc1C(C)(C)C. The predicted octanol–water partition coefficient (Wildman–Crippen LogP) is 7.05. The maximum Gasteiger partial charge on any atom is 0.700 e. The Labute approximate surface area is 248 Å². The molecule has 0 saturated heterocycles. The number of ether oxygens (including phenoxy) is 1. The van der Waals surface area contributed by atoms with Gasteiger partial charge in [-0.2, -0.15) is 0 Å². The summed E-state index contributed by atoms with van der Waals surface area (Å²) in [6, 6.07) is 8.85. The van der Waals surface area contributed by atoms with Gasteiger partial charge in [-0.05, 0) is 66.4 Å². The van der Waals surface area contributed by atoms with E-state index in [4.69, 9.17) is 4.74 Å². The molecule has 1 aromatic heterocycles. The maximum absolute atomic E-state index is 12.4. The Bertz CT molecular complexity index is 1440. The average Bonchev–Trinajstić information content (AvgIpc) is 3.42. The number of aryl methyl sites for hydroxylation is 1. The summed E-state index contributed by atoms with van der Waals surface area (Å²) in [7, 11) is 3.93. The molecule has 1 amide bonds. The van der Waals surface area contributed by atoms with Gasteiger partial charge in [0.2, 0.25) is 5.91 Å². The summed E-state index contributed by atoms with van der Waals surface area (Å²) < 4.78 is 10.5. The molecule has 0 bridgehead atoms. The van der Waals surface area contributed by atoms with E-state index in [-0.39, 0.29) is 16.7 Å². The van der Waals surface area contributed by atoms with Gasteiger partial charge in [0, 0.05) is 59.3 Å². The minimum atomic E-state index is -0.0463. The molecule has 1 radical (unpaired) electrons. The number of carbonyl (C=O) groups excluding carboxylic acids is 1. The maximum atomic E-state index is 12.4. The highest BCUT2D eigenvalue weighted by Gasteiger charge is 2.35. The highest BCUT2D eigenvalue weighted by molar-refractivity contribution is 6.29. The first-order valence-electron chi connectivity index (χ1n) is 15.0. The third kappa shape index (κ3) is 6.97. The molecule has 2 aliphatic rings. The van der Waals surface area contributed by atoms with Crippen molar-refractivity contribution in [2.45, 2.75) is 92.4 Å². The number of benzene rings is 1. The van der Waals surface area contributed by atoms with Crippen LogP contribution in [0.4, 0.5) is 0 Å². The van der Waals surface area contributed by atoms with E-state index in [1.165, 1.54) is 22.4 Å². The Hall–Kier alpha value is -3.28. The molecule has 0 fully saturated rings. The summed E-state index contributed by atoms with van der Waals surface area (Å²) in [5, 5.41) is 3.06. The number of aromatic nitrogens is 1. The summed E-state index contributed by atoms with van der Waals surface area (Å²) in [6.07, 6.45) is 11.0. The van der Waals surface area contributed by atoms with Crippen molar-refractivity contribution in [2.75, 3.05) is 13.7 Å². The van der Waals surface area contributed by atoms with E-state index in [2.05, 4.69) is 133 Å².